The summed E-state index contributed by atoms with van der Waals surface area (Å²) in [6.45, 7) is 1.18. The highest BCUT2D eigenvalue weighted by Gasteiger charge is 2.09. The fraction of sp³-hybridized carbons (Fsp3) is 0.333. The maximum atomic E-state index is 11.8. The lowest BCUT2D eigenvalue weighted by Crippen LogP contribution is -2.28. The van der Waals surface area contributed by atoms with Crippen LogP contribution in [0.25, 0.3) is 0 Å². The summed E-state index contributed by atoms with van der Waals surface area (Å²) < 4.78 is 0. The van der Waals surface area contributed by atoms with Crippen LogP contribution in [0.3, 0.4) is 0 Å². The third-order valence-electron chi connectivity index (χ3n) is 2.49. The largest absolute Gasteiger partial charge is 0.366 e. The Morgan fingerprint density at radius 2 is 2.06 bits per heavy atom. The molecule has 0 atom stereocenters. The molecule has 0 spiro atoms. The van der Waals surface area contributed by atoms with Crippen molar-refractivity contribution in [1.82, 2.24) is 5.32 Å². The summed E-state index contributed by atoms with van der Waals surface area (Å²) in [4.78, 5) is 16.0. The van der Waals surface area contributed by atoms with E-state index in [1.54, 1.807) is 24.3 Å². The number of halogens is 2. The van der Waals surface area contributed by atoms with Gasteiger partial charge in [0.1, 0.15) is 0 Å². The molecule has 1 heterocycles. The topological polar surface area (TPSA) is 41.5 Å². The Bertz CT molecular complexity index is 415. The second-order valence-corrected chi connectivity index (χ2v) is 4.15. The van der Waals surface area contributed by atoms with E-state index in [9.17, 15) is 4.79 Å². The van der Waals surface area contributed by atoms with Gasteiger partial charge in [-0.25, -0.2) is 0 Å². The van der Waals surface area contributed by atoms with Crippen LogP contribution in [0.1, 0.15) is 23.2 Å². The highest BCUT2D eigenvalue weighted by Crippen LogP contribution is 2.10. The highest BCUT2D eigenvalue weighted by molar-refractivity contribution is 6.30. The fourth-order valence-electron chi connectivity index (χ4n) is 1.60. The van der Waals surface area contributed by atoms with E-state index in [1.165, 1.54) is 0 Å². The van der Waals surface area contributed by atoms with Crippen LogP contribution < -0.4 is 5.32 Å². The summed E-state index contributed by atoms with van der Waals surface area (Å²) in [7, 11) is 0. The summed E-state index contributed by atoms with van der Waals surface area (Å²) in [5, 5.41) is 3.71. The molecule has 1 aliphatic heterocycles. The number of nitrogens with zero attached hydrogens (tertiary/aromatic N) is 1. The van der Waals surface area contributed by atoms with Gasteiger partial charge in [-0.05, 0) is 30.7 Å². The number of carbonyl (C=O) groups is 1. The average Bonchev–Trinajstić information content (AvgIpc) is 2.80. The number of amidine groups is 1. The molecule has 0 amide bonds. The van der Waals surface area contributed by atoms with Crippen molar-refractivity contribution in [2.45, 2.75) is 12.8 Å². The zero-order valence-electron chi connectivity index (χ0n) is 9.28. The summed E-state index contributed by atoms with van der Waals surface area (Å²) >= 11 is 5.75. The maximum absolute atomic E-state index is 11.8. The van der Waals surface area contributed by atoms with E-state index < -0.39 is 0 Å². The molecular weight excluding hydrogens is 259 g/mol. The molecule has 0 bridgehead atoms. The Balaban J connectivity index is 0.00000144. The molecule has 2 rings (SSSR count). The minimum atomic E-state index is 0. The zero-order valence-corrected chi connectivity index (χ0v) is 10.9. The lowest BCUT2D eigenvalue weighted by molar-refractivity contribution is 0.0996. The first-order valence-electron chi connectivity index (χ1n) is 5.31. The summed E-state index contributed by atoms with van der Waals surface area (Å²) in [5.74, 6) is 1.01. The molecule has 0 saturated carbocycles. The van der Waals surface area contributed by atoms with Crippen molar-refractivity contribution in [1.29, 1.82) is 0 Å². The third kappa shape index (κ3) is 4.02. The van der Waals surface area contributed by atoms with Gasteiger partial charge in [0.05, 0.1) is 12.4 Å². The molecule has 0 aromatic heterocycles. The molecule has 1 aliphatic rings. The predicted molar refractivity (Wildman–Crippen MR) is 72.6 cm³/mol. The normalized spacial score (nSPS) is 13.8. The van der Waals surface area contributed by atoms with Crippen molar-refractivity contribution in [3.05, 3.63) is 34.9 Å². The van der Waals surface area contributed by atoms with Gasteiger partial charge in [-0.2, -0.15) is 0 Å². The van der Waals surface area contributed by atoms with E-state index in [1.807, 2.05) is 0 Å². The van der Waals surface area contributed by atoms with Gasteiger partial charge in [0.15, 0.2) is 5.78 Å². The molecule has 0 fully saturated rings. The Morgan fingerprint density at radius 3 is 2.65 bits per heavy atom. The van der Waals surface area contributed by atoms with Gasteiger partial charge in [0.2, 0.25) is 0 Å². The first-order chi connectivity index (χ1) is 7.75. The standard InChI is InChI=1S/C12H13ClN2O.ClH/c13-10-5-3-9(4-6-10)11(16)8-15-12-2-1-7-14-12;/h3-6H,1-2,7-8H2,(H,14,15);1H. The number of aliphatic imine (C=N–C) groups is 1. The third-order valence-corrected chi connectivity index (χ3v) is 2.75. The molecule has 0 aliphatic carbocycles. The van der Waals surface area contributed by atoms with Gasteiger partial charge >= 0.3 is 0 Å². The predicted octanol–water partition coefficient (Wildman–Crippen LogP) is 2.73. The van der Waals surface area contributed by atoms with Crippen LogP contribution in [0.15, 0.2) is 29.3 Å². The number of hydrogen-bond acceptors (Lipinski definition) is 3. The highest BCUT2D eigenvalue weighted by atomic mass is 35.5. The lowest BCUT2D eigenvalue weighted by atomic mass is 10.1. The van der Waals surface area contributed by atoms with E-state index in [2.05, 4.69) is 10.3 Å². The number of nitrogens with one attached hydrogen (secondary N) is 1. The Hall–Kier alpha value is -1.06. The first kappa shape index (κ1) is 14.0. The number of benzene rings is 1. The fourth-order valence-corrected chi connectivity index (χ4v) is 1.73. The van der Waals surface area contributed by atoms with Gasteiger partial charge < -0.3 is 5.32 Å². The van der Waals surface area contributed by atoms with Gasteiger partial charge in [0, 0.05) is 23.6 Å². The van der Waals surface area contributed by atoms with Gasteiger partial charge in [-0.1, -0.05) is 11.6 Å². The summed E-state index contributed by atoms with van der Waals surface area (Å²) in [6.07, 6.45) is 2.03. The van der Waals surface area contributed by atoms with Crippen LogP contribution in [0.5, 0.6) is 0 Å². The minimum absolute atomic E-state index is 0. The Kier molecular flexibility index (Phi) is 5.45. The molecule has 3 nitrogen and oxygen atoms in total. The molecule has 92 valence electrons. The first-order valence-corrected chi connectivity index (χ1v) is 5.69. The van der Waals surface area contributed by atoms with Crippen LogP contribution in [0, 0.1) is 0 Å². The molecular formula is C12H14Cl2N2O. The lowest BCUT2D eigenvalue weighted by Gasteiger charge is -2.04. The van der Waals surface area contributed by atoms with Crippen molar-refractivity contribution < 1.29 is 4.79 Å². The van der Waals surface area contributed by atoms with E-state index in [4.69, 9.17) is 11.6 Å². The Labute approximate surface area is 112 Å². The van der Waals surface area contributed by atoms with Crippen molar-refractivity contribution in [3.8, 4) is 0 Å². The summed E-state index contributed by atoms with van der Waals surface area (Å²) in [5.41, 5.74) is 0.676. The van der Waals surface area contributed by atoms with E-state index in [0.29, 0.717) is 17.1 Å². The van der Waals surface area contributed by atoms with Crippen molar-refractivity contribution in [2.75, 3.05) is 13.1 Å². The molecule has 17 heavy (non-hydrogen) atoms. The monoisotopic (exact) mass is 272 g/mol. The van der Waals surface area contributed by atoms with Crippen LogP contribution in [0.4, 0.5) is 0 Å². The van der Waals surface area contributed by atoms with Gasteiger partial charge in [-0.15, -0.1) is 12.4 Å². The molecule has 0 unspecified atom stereocenters. The average molecular weight is 273 g/mol. The number of Topliss-reactive ketones (excluding diaryl/α,β-unsaturated/α-hetero) is 1. The second-order valence-electron chi connectivity index (χ2n) is 3.72. The van der Waals surface area contributed by atoms with Crippen LogP contribution in [-0.2, 0) is 0 Å². The maximum Gasteiger partial charge on any atom is 0.181 e. The number of hydrogen-bond donors (Lipinski definition) is 1. The number of ketones is 1. The number of carbonyl (C=O) groups excluding carboxylic acids is 1. The smallest absolute Gasteiger partial charge is 0.181 e. The second kappa shape index (κ2) is 6.62. The molecule has 1 aromatic rings. The van der Waals surface area contributed by atoms with Crippen LogP contribution in [0.2, 0.25) is 5.02 Å². The van der Waals surface area contributed by atoms with Gasteiger partial charge in [-0.3, -0.25) is 9.79 Å². The Morgan fingerprint density at radius 1 is 1.35 bits per heavy atom. The van der Waals surface area contributed by atoms with Gasteiger partial charge in [0.25, 0.3) is 0 Å². The van der Waals surface area contributed by atoms with Crippen molar-refractivity contribution in [2.24, 2.45) is 4.99 Å². The van der Waals surface area contributed by atoms with Crippen LogP contribution in [-0.4, -0.2) is 24.7 Å². The van der Waals surface area contributed by atoms with Crippen molar-refractivity contribution >= 4 is 35.6 Å². The molecule has 1 aromatic carbocycles. The molecule has 1 N–H and O–H groups in total. The minimum Gasteiger partial charge on any atom is -0.366 e. The van der Waals surface area contributed by atoms with Crippen LogP contribution >= 0.6 is 24.0 Å². The number of rotatable bonds is 3. The van der Waals surface area contributed by atoms with Crippen molar-refractivity contribution in [3.63, 3.8) is 0 Å². The zero-order chi connectivity index (χ0) is 11.4. The summed E-state index contributed by atoms with van der Waals surface area (Å²) in [6, 6.07) is 6.93. The SMILES string of the molecule is Cl.O=C(CNC1=NCCC1)c1ccc(Cl)cc1. The molecule has 0 radical (unpaired) electrons. The quantitative estimate of drug-likeness (QED) is 0.860. The molecule has 5 heteroatoms. The van der Waals surface area contributed by atoms with E-state index in [0.717, 1.165) is 25.2 Å². The van der Waals surface area contributed by atoms with E-state index in [-0.39, 0.29) is 18.2 Å². The molecule has 0 saturated heterocycles. The van der Waals surface area contributed by atoms with E-state index >= 15 is 0 Å².